The molecule has 0 aliphatic rings. The van der Waals surface area contributed by atoms with Gasteiger partial charge < -0.3 is 4.43 Å². The van der Waals surface area contributed by atoms with Crippen LogP contribution in [0.3, 0.4) is 0 Å². The number of aromatic nitrogens is 2. The van der Waals surface area contributed by atoms with Gasteiger partial charge in [-0.25, -0.2) is 0 Å². The van der Waals surface area contributed by atoms with Crippen LogP contribution >= 0.6 is 0 Å². The van der Waals surface area contributed by atoms with E-state index in [-0.39, 0.29) is 5.04 Å². The highest BCUT2D eigenvalue weighted by Gasteiger charge is 2.36. The van der Waals surface area contributed by atoms with E-state index in [1.807, 2.05) is 0 Å². The zero-order valence-corrected chi connectivity index (χ0v) is 12.3. The second-order valence-electron chi connectivity index (χ2n) is 5.78. The molecule has 1 rings (SSSR count). The average molecular weight is 254 g/mol. The molecule has 0 saturated carbocycles. The molecule has 0 aromatic carbocycles. The molecule has 0 aliphatic carbocycles. The van der Waals surface area contributed by atoms with Gasteiger partial charge in [0, 0.05) is 18.7 Å². The maximum Gasteiger partial charge on any atom is 0.191 e. The summed E-state index contributed by atoms with van der Waals surface area (Å²) in [5.74, 6) is 0. The van der Waals surface area contributed by atoms with Crippen LogP contribution in [0.1, 0.15) is 36.8 Å². The summed E-state index contributed by atoms with van der Waals surface area (Å²) in [7, 11) is -1.69. The van der Waals surface area contributed by atoms with Gasteiger partial charge in [-0.15, -0.1) is 0 Å². The first-order valence-electron chi connectivity index (χ1n) is 5.89. The average Bonchev–Trinajstić information content (AvgIpc) is 2.63. The summed E-state index contributed by atoms with van der Waals surface area (Å²) in [4.78, 5) is 10.7. The van der Waals surface area contributed by atoms with E-state index in [1.54, 1.807) is 6.20 Å². The lowest BCUT2D eigenvalue weighted by atomic mass is 10.2. The standard InChI is InChI=1S/C12H22N2O2Si/c1-12(2,3)17(4,5)16-7-6-11-10(9-15)8-13-14-11/h8-9H,6-7H2,1-5H3,(H,13,14). The monoisotopic (exact) mass is 254 g/mol. The number of aromatic amines is 1. The molecular weight excluding hydrogens is 232 g/mol. The number of hydrogen-bond acceptors (Lipinski definition) is 3. The van der Waals surface area contributed by atoms with Crippen LogP contribution in [-0.4, -0.2) is 31.4 Å². The SMILES string of the molecule is CC(C)(C)[Si](C)(C)OCCc1[nH]ncc1C=O. The molecule has 0 fully saturated rings. The molecule has 4 nitrogen and oxygen atoms in total. The van der Waals surface area contributed by atoms with Crippen molar-refractivity contribution >= 4 is 14.6 Å². The molecule has 1 aromatic rings. The van der Waals surface area contributed by atoms with Gasteiger partial charge in [-0.1, -0.05) is 20.8 Å². The lowest BCUT2D eigenvalue weighted by molar-refractivity contribution is 0.112. The lowest BCUT2D eigenvalue weighted by Crippen LogP contribution is -2.41. The number of carbonyl (C=O) groups excluding carboxylic acids is 1. The van der Waals surface area contributed by atoms with Crippen molar-refractivity contribution in [1.82, 2.24) is 10.2 Å². The Morgan fingerprint density at radius 1 is 1.47 bits per heavy atom. The number of carbonyl (C=O) groups is 1. The first-order chi connectivity index (χ1) is 7.78. The number of nitrogens with zero attached hydrogens (tertiary/aromatic N) is 1. The van der Waals surface area contributed by atoms with Crippen molar-refractivity contribution in [3.63, 3.8) is 0 Å². The molecule has 0 spiro atoms. The number of H-pyrrole nitrogens is 1. The van der Waals surface area contributed by atoms with E-state index in [1.165, 1.54) is 0 Å². The third-order valence-electron chi connectivity index (χ3n) is 3.50. The summed E-state index contributed by atoms with van der Waals surface area (Å²) in [6.07, 6.45) is 3.08. The lowest BCUT2D eigenvalue weighted by Gasteiger charge is -2.36. The van der Waals surface area contributed by atoms with Gasteiger partial charge in [0.05, 0.1) is 11.8 Å². The van der Waals surface area contributed by atoms with E-state index in [2.05, 4.69) is 44.1 Å². The van der Waals surface area contributed by atoms with Crippen LogP contribution in [0, 0.1) is 0 Å². The highest BCUT2D eigenvalue weighted by atomic mass is 28.4. The number of aldehydes is 1. The quantitative estimate of drug-likeness (QED) is 0.649. The van der Waals surface area contributed by atoms with Gasteiger partial charge in [0.15, 0.2) is 14.6 Å². The molecule has 1 N–H and O–H groups in total. The van der Waals surface area contributed by atoms with Crippen molar-refractivity contribution < 1.29 is 9.22 Å². The zero-order valence-electron chi connectivity index (χ0n) is 11.3. The molecule has 0 radical (unpaired) electrons. The highest BCUT2D eigenvalue weighted by Crippen LogP contribution is 2.36. The maximum atomic E-state index is 10.7. The molecule has 0 aliphatic heterocycles. The zero-order chi connectivity index (χ0) is 13.1. The summed E-state index contributed by atoms with van der Waals surface area (Å²) in [6, 6.07) is 0. The Kier molecular flexibility index (Phi) is 4.27. The van der Waals surface area contributed by atoms with Crippen molar-refractivity contribution in [3.8, 4) is 0 Å². The third-order valence-corrected chi connectivity index (χ3v) is 8.04. The Labute approximate surface area is 104 Å². The smallest absolute Gasteiger partial charge is 0.191 e. The third kappa shape index (κ3) is 3.51. The first kappa shape index (κ1) is 14.1. The highest BCUT2D eigenvalue weighted by molar-refractivity contribution is 6.74. The fourth-order valence-electron chi connectivity index (χ4n) is 1.25. The fourth-order valence-corrected chi connectivity index (χ4v) is 2.29. The van der Waals surface area contributed by atoms with Crippen molar-refractivity contribution in [2.45, 2.75) is 45.3 Å². The number of hydrogen-bond donors (Lipinski definition) is 1. The predicted octanol–water partition coefficient (Wildman–Crippen LogP) is 2.79. The Morgan fingerprint density at radius 3 is 2.65 bits per heavy atom. The normalized spacial score (nSPS) is 12.8. The molecule has 0 bridgehead atoms. The second-order valence-corrected chi connectivity index (χ2v) is 10.6. The Bertz CT molecular complexity index is 380. The van der Waals surface area contributed by atoms with Crippen LogP contribution in [0.2, 0.25) is 18.1 Å². The van der Waals surface area contributed by atoms with E-state index >= 15 is 0 Å². The van der Waals surface area contributed by atoms with E-state index in [0.717, 1.165) is 12.0 Å². The molecule has 96 valence electrons. The van der Waals surface area contributed by atoms with Gasteiger partial charge in [0.25, 0.3) is 0 Å². The molecule has 17 heavy (non-hydrogen) atoms. The van der Waals surface area contributed by atoms with Gasteiger partial charge in [0.2, 0.25) is 0 Å². The first-order valence-corrected chi connectivity index (χ1v) is 8.80. The van der Waals surface area contributed by atoms with Crippen LogP contribution in [0.15, 0.2) is 6.20 Å². The molecule has 0 unspecified atom stereocenters. The van der Waals surface area contributed by atoms with E-state index < -0.39 is 8.32 Å². The molecule has 0 atom stereocenters. The van der Waals surface area contributed by atoms with Gasteiger partial charge in [-0.3, -0.25) is 9.89 Å². The Morgan fingerprint density at radius 2 is 2.12 bits per heavy atom. The second kappa shape index (κ2) is 5.14. The van der Waals surface area contributed by atoms with Gasteiger partial charge in [-0.2, -0.15) is 5.10 Å². The Hall–Kier alpha value is -0.943. The van der Waals surface area contributed by atoms with Crippen LogP contribution in [-0.2, 0) is 10.8 Å². The summed E-state index contributed by atoms with van der Waals surface area (Å²) in [6.45, 7) is 11.7. The van der Waals surface area contributed by atoms with E-state index in [9.17, 15) is 4.79 Å². The summed E-state index contributed by atoms with van der Waals surface area (Å²) < 4.78 is 6.04. The van der Waals surface area contributed by atoms with Crippen LogP contribution in [0.5, 0.6) is 0 Å². The maximum absolute atomic E-state index is 10.7. The minimum Gasteiger partial charge on any atom is -0.416 e. The van der Waals surface area contributed by atoms with E-state index in [0.29, 0.717) is 18.6 Å². The van der Waals surface area contributed by atoms with Gasteiger partial charge in [0.1, 0.15) is 0 Å². The van der Waals surface area contributed by atoms with Crippen LogP contribution in [0.25, 0.3) is 0 Å². The summed E-state index contributed by atoms with van der Waals surface area (Å²) in [5.41, 5.74) is 1.49. The van der Waals surface area contributed by atoms with Crippen LogP contribution in [0.4, 0.5) is 0 Å². The van der Waals surface area contributed by atoms with E-state index in [4.69, 9.17) is 4.43 Å². The van der Waals surface area contributed by atoms with Gasteiger partial charge >= 0.3 is 0 Å². The van der Waals surface area contributed by atoms with Gasteiger partial charge in [-0.05, 0) is 18.1 Å². The van der Waals surface area contributed by atoms with Crippen LogP contribution < -0.4 is 0 Å². The minimum atomic E-state index is -1.69. The largest absolute Gasteiger partial charge is 0.416 e. The number of nitrogens with one attached hydrogen (secondary N) is 1. The molecule has 5 heteroatoms. The molecular formula is C12H22N2O2Si. The number of rotatable bonds is 5. The molecule has 0 saturated heterocycles. The molecule has 0 amide bonds. The topological polar surface area (TPSA) is 55.0 Å². The fraction of sp³-hybridized carbons (Fsp3) is 0.667. The summed E-state index contributed by atoms with van der Waals surface area (Å²) >= 11 is 0. The van der Waals surface area contributed by atoms with Crippen molar-refractivity contribution in [1.29, 1.82) is 0 Å². The van der Waals surface area contributed by atoms with Crippen molar-refractivity contribution in [3.05, 3.63) is 17.5 Å². The molecule has 1 aromatic heterocycles. The van der Waals surface area contributed by atoms with Crippen molar-refractivity contribution in [2.24, 2.45) is 0 Å². The predicted molar refractivity (Wildman–Crippen MR) is 70.8 cm³/mol. The Balaban J connectivity index is 2.51. The molecule has 1 heterocycles. The van der Waals surface area contributed by atoms with Crippen molar-refractivity contribution in [2.75, 3.05) is 6.61 Å². The summed E-state index contributed by atoms with van der Waals surface area (Å²) in [5, 5.41) is 6.91. The minimum absolute atomic E-state index is 0.217.